The lowest BCUT2D eigenvalue weighted by atomic mass is 10.1. The molecule has 0 atom stereocenters. The number of nitrogens with one attached hydrogen (secondary N) is 1. The van der Waals surface area contributed by atoms with Gasteiger partial charge in [0, 0.05) is 10.9 Å². The Hall–Kier alpha value is -2.33. The van der Waals surface area contributed by atoms with Crippen molar-refractivity contribution >= 4 is 33.7 Å². The summed E-state index contributed by atoms with van der Waals surface area (Å²) in [4.78, 5) is 16.9. The van der Waals surface area contributed by atoms with Crippen molar-refractivity contribution in [1.82, 2.24) is 4.98 Å². The molecule has 25 heavy (non-hydrogen) atoms. The van der Waals surface area contributed by atoms with E-state index in [2.05, 4.69) is 10.3 Å². The minimum absolute atomic E-state index is 0.150. The van der Waals surface area contributed by atoms with Crippen LogP contribution in [0.25, 0.3) is 10.6 Å². The lowest BCUT2D eigenvalue weighted by Crippen LogP contribution is -2.18. The third kappa shape index (κ3) is 3.40. The molecule has 3 aromatic rings. The fourth-order valence-electron chi connectivity index (χ4n) is 2.00. The van der Waals surface area contributed by atoms with Crippen LogP contribution in [0.5, 0.6) is 0 Å². The van der Waals surface area contributed by atoms with E-state index < -0.39 is 47.0 Å². The number of amides is 1. The van der Waals surface area contributed by atoms with Gasteiger partial charge in [0.2, 0.25) is 11.7 Å². The second-order valence-corrected chi connectivity index (χ2v) is 6.59. The summed E-state index contributed by atoms with van der Waals surface area (Å²) in [5.41, 5.74) is -0.588. The van der Waals surface area contributed by atoms with Crippen LogP contribution in [0, 0.1) is 29.1 Å². The number of carbonyl (C=O) groups excluding carboxylic acids is 1. The predicted octanol–water partition coefficient (Wildman–Crippen LogP) is 4.75. The van der Waals surface area contributed by atoms with Gasteiger partial charge in [-0.2, -0.15) is 0 Å². The molecule has 130 valence electrons. The van der Waals surface area contributed by atoms with Crippen LogP contribution in [0.2, 0.25) is 0 Å². The van der Waals surface area contributed by atoms with E-state index in [-0.39, 0.29) is 5.13 Å². The van der Waals surface area contributed by atoms with Gasteiger partial charge in [-0.25, -0.2) is 26.9 Å². The minimum Gasteiger partial charge on any atom is -0.302 e. The van der Waals surface area contributed by atoms with Crippen LogP contribution < -0.4 is 5.32 Å². The third-order valence-electron chi connectivity index (χ3n) is 3.16. The summed E-state index contributed by atoms with van der Waals surface area (Å²) in [5, 5.41) is 5.94. The number of anilines is 1. The summed E-state index contributed by atoms with van der Waals surface area (Å²) in [7, 11) is 0. The van der Waals surface area contributed by atoms with E-state index >= 15 is 0 Å². The van der Waals surface area contributed by atoms with E-state index in [4.69, 9.17) is 0 Å². The zero-order chi connectivity index (χ0) is 18.1. The second kappa shape index (κ2) is 6.89. The van der Waals surface area contributed by atoms with Gasteiger partial charge in [-0.05, 0) is 11.4 Å². The normalized spacial score (nSPS) is 10.9. The summed E-state index contributed by atoms with van der Waals surface area (Å²) in [6.45, 7) is 0. The van der Waals surface area contributed by atoms with Gasteiger partial charge in [0.15, 0.2) is 28.4 Å². The maximum absolute atomic E-state index is 13.6. The number of thiophene rings is 1. The molecular weight excluding hydrogens is 383 g/mol. The zero-order valence-electron chi connectivity index (χ0n) is 12.1. The van der Waals surface area contributed by atoms with Crippen LogP contribution in [0.4, 0.5) is 27.1 Å². The molecule has 0 radical (unpaired) electrons. The molecule has 0 fully saturated rings. The van der Waals surface area contributed by atoms with Crippen LogP contribution in [0.15, 0.2) is 22.9 Å². The summed E-state index contributed by atoms with van der Waals surface area (Å²) in [6.07, 6.45) is -1.01. The Kier molecular flexibility index (Phi) is 4.82. The Morgan fingerprint density at radius 3 is 2.24 bits per heavy atom. The third-order valence-corrected chi connectivity index (χ3v) is 4.81. The molecule has 0 aliphatic heterocycles. The summed E-state index contributed by atoms with van der Waals surface area (Å²) >= 11 is 2.50. The minimum atomic E-state index is -2.26. The summed E-state index contributed by atoms with van der Waals surface area (Å²) < 4.78 is 66.4. The first-order valence-electron chi connectivity index (χ1n) is 6.68. The molecule has 0 saturated carbocycles. The number of hydrogen-bond acceptors (Lipinski definition) is 4. The molecule has 0 saturated heterocycles. The maximum Gasteiger partial charge on any atom is 0.230 e. The lowest BCUT2D eigenvalue weighted by molar-refractivity contribution is -0.115. The first kappa shape index (κ1) is 17.5. The van der Waals surface area contributed by atoms with Gasteiger partial charge in [-0.15, -0.1) is 22.7 Å². The van der Waals surface area contributed by atoms with Crippen LogP contribution in [0.3, 0.4) is 0 Å². The smallest absolute Gasteiger partial charge is 0.230 e. The average Bonchev–Trinajstić information content (AvgIpc) is 3.26. The number of halogens is 5. The monoisotopic (exact) mass is 390 g/mol. The van der Waals surface area contributed by atoms with Crippen molar-refractivity contribution in [2.24, 2.45) is 0 Å². The SMILES string of the molecule is O=C(Cc1c(F)c(F)c(F)c(F)c1F)Nc1nc(-c2cccs2)cs1. The molecule has 1 N–H and O–H groups in total. The molecule has 10 heteroatoms. The number of rotatable bonds is 4. The Morgan fingerprint density at radius 1 is 1.00 bits per heavy atom. The van der Waals surface area contributed by atoms with E-state index in [1.54, 1.807) is 5.38 Å². The molecular formula is C15H7F5N2OS2. The van der Waals surface area contributed by atoms with Crippen LogP contribution in [-0.4, -0.2) is 10.9 Å². The quantitative estimate of drug-likeness (QED) is 0.397. The topological polar surface area (TPSA) is 42.0 Å². The number of nitrogens with zero attached hydrogens (tertiary/aromatic N) is 1. The molecule has 3 rings (SSSR count). The molecule has 0 bridgehead atoms. The maximum atomic E-state index is 13.6. The summed E-state index contributed by atoms with van der Waals surface area (Å²) in [5.74, 6) is -11.4. The van der Waals surface area contributed by atoms with Gasteiger partial charge in [0.05, 0.1) is 17.0 Å². The van der Waals surface area contributed by atoms with Crippen molar-refractivity contribution in [2.75, 3.05) is 5.32 Å². The highest BCUT2D eigenvalue weighted by atomic mass is 32.1. The molecule has 0 aliphatic rings. The van der Waals surface area contributed by atoms with Crippen molar-refractivity contribution in [3.63, 3.8) is 0 Å². The fourth-order valence-corrected chi connectivity index (χ4v) is 3.49. The highest BCUT2D eigenvalue weighted by molar-refractivity contribution is 7.16. The standard InChI is InChI=1S/C15H7F5N2OS2/c16-10-6(11(17)13(19)14(20)12(10)18)4-9(23)22-15-21-7(5-25-15)8-2-1-3-24-8/h1-3,5H,4H2,(H,21,22,23). The van der Waals surface area contributed by atoms with Crippen molar-refractivity contribution in [3.8, 4) is 10.6 Å². The molecule has 0 unspecified atom stereocenters. The molecule has 3 nitrogen and oxygen atoms in total. The number of benzene rings is 1. The van der Waals surface area contributed by atoms with Gasteiger partial charge in [-0.1, -0.05) is 6.07 Å². The van der Waals surface area contributed by atoms with Gasteiger partial charge in [0.1, 0.15) is 0 Å². The second-order valence-electron chi connectivity index (χ2n) is 4.79. The van der Waals surface area contributed by atoms with E-state index in [1.165, 1.54) is 11.3 Å². The summed E-state index contributed by atoms with van der Waals surface area (Å²) in [6, 6.07) is 3.64. The van der Waals surface area contributed by atoms with Crippen molar-refractivity contribution in [1.29, 1.82) is 0 Å². The van der Waals surface area contributed by atoms with E-state index in [9.17, 15) is 26.7 Å². The highest BCUT2D eigenvalue weighted by Crippen LogP contribution is 2.28. The number of hydrogen-bond donors (Lipinski definition) is 1. The van der Waals surface area contributed by atoms with E-state index in [1.807, 2.05) is 17.5 Å². The molecule has 0 spiro atoms. The number of carbonyl (C=O) groups is 1. The zero-order valence-corrected chi connectivity index (χ0v) is 13.7. The molecule has 2 aromatic heterocycles. The van der Waals surface area contributed by atoms with Crippen molar-refractivity contribution in [2.45, 2.75) is 6.42 Å². The fraction of sp³-hybridized carbons (Fsp3) is 0.0667. The average molecular weight is 390 g/mol. The molecule has 2 heterocycles. The van der Waals surface area contributed by atoms with Crippen molar-refractivity contribution < 1.29 is 26.7 Å². The number of thiazole rings is 1. The van der Waals surface area contributed by atoms with Crippen molar-refractivity contribution in [3.05, 3.63) is 57.5 Å². The first-order valence-corrected chi connectivity index (χ1v) is 8.44. The van der Waals surface area contributed by atoms with Crippen LogP contribution in [0.1, 0.15) is 5.56 Å². The predicted molar refractivity (Wildman–Crippen MR) is 84.0 cm³/mol. The Bertz CT molecular complexity index is 911. The van der Waals surface area contributed by atoms with Gasteiger partial charge < -0.3 is 5.32 Å². The Balaban J connectivity index is 1.78. The van der Waals surface area contributed by atoms with Gasteiger partial charge >= 0.3 is 0 Å². The Labute approximate surface area is 145 Å². The lowest BCUT2D eigenvalue weighted by Gasteiger charge is -2.07. The van der Waals surface area contributed by atoms with Crippen LogP contribution in [-0.2, 0) is 11.2 Å². The largest absolute Gasteiger partial charge is 0.302 e. The Morgan fingerprint density at radius 2 is 1.64 bits per heavy atom. The molecule has 1 aromatic carbocycles. The van der Waals surface area contributed by atoms with Gasteiger partial charge in [-0.3, -0.25) is 4.79 Å². The first-order chi connectivity index (χ1) is 11.9. The van der Waals surface area contributed by atoms with E-state index in [0.717, 1.165) is 16.2 Å². The molecule has 1 amide bonds. The highest BCUT2D eigenvalue weighted by Gasteiger charge is 2.27. The number of aromatic nitrogens is 1. The van der Waals surface area contributed by atoms with Crippen LogP contribution >= 0.6 is 22.7 Å². The molecule has 0 aliphatic carbocycles. The van der Waals surface area contributed by atoms with E-state index in [0.29, 0.717) is 5.69 Å². The van der Waals surface area contributed by atoms with Gasteiger partial charge in [0.25, 0.3) is 0 Å².